The van der Waals surface area contributed by atoms with E-state index in [1.54, 1.807) is 36.2 Å². The Bertz CT molecular complexity index is 702. The monoisotopic (exact) mass is 334 g/mol. The fourth-order valence-electron chi connectivity index (χ4n) is 2.56. The first-order valence-electron chi connectivity index (χ1n) is 7.10. The van der Waals surface area contributed by atoms with Crippen molar-refractivity contribution < 1.29 is 14.1 Å². The summed E-state index contributed by atoms with van der Waals surface area (Å²) in [6, 6.07) is 6.47. The second-order valence-electron chi connectivity index (χ2n) is 5.46. The summed E-state index contributed by atoms with van der Waals surface area (Å²) in [7, 11) is 1.69. The fourth-order valence-corrected chi connectivity index (χ4v) is 2.68. The highest BCUT2D eigenvalue weighted by molar-refractivity contribution is 6.30. The van der Waals surface area contributed by atoms with Gasteiger partial charge in [-0.1, -0.05) is 28.9 Å². The third-order valence-corrected chi connectivity index (χ3v) is 4.09. The molecule has 2 heterocycles. The molecule has 2 atom stereocenters. The summed E-state index contributed by atoms with van der Waals surface area (Å²) >= 11 is 5.90. The normalized spacial score (nSPS) is 19.0. The smallest absolute Gasteiger partial charge is 0.226 e. The first kappa shape index (κ1) is 15.5. The van der Waals surface area contributed by atoms with Crippen molar-refractivity contribution in [3.8, 4) is 0 Å². The largest absolute Gasteiger partial charge is 0.345 e. The summed E-state index contributed by atoms with van der Waals surface area (Å²) in [6.45, 7) is 0.407. The van der Waals surface area contributed by atoms with Gasteiger partial charge in [-0.15, -0.1) is 0 Å². The highest BCUT2D eigenvalue weighted by atomic mass is 35.5. The molecule has 1 N–H and O–H groups in total. The molecule has 7 nitrogen and oxygen atoms in total. The van der Waals surface area contributed by atoms with E-state index < -0.39 is 6.04 Å². The number of nitrogens with one attached hydrogen (secondary N) is 1. The van der Waals surface area contributed by atoms with Crippen molar-refractivity contribution in [2.24, 2.45) is 5.92 Å². The number of nitrogens with zero attached hydrogens (tertiary/aromatic N) is 3. The van der Waals surface area contributed by atoms with Crippen LogP contribution in [0.1, 0.15) is 23.9 Å². The number of hydrogen-bond acceptors (Lipinski definition) is 5. The van der Waals surface area contributed by atoms with Gasteiger partial charge < -0.3 is 14.7 Å². The molecular weight excluding hydrogens is 320 g/mol. The molecule has 1 saturated heterocycles. The molecule has 1 aliphatic rings. The zero-order valence-corrected chi connectivity index (χ0v) is 13.2. The molecule has 2 amide bonds. The molecule has 23 heavy (non-hydrogen) atoms. The molecule has 1 aliphatic heterocycles. The third kappa shape index (κ3) is 3.34. The number of aromatic nitrogens is 2. The summed E-state index contributed by atoms with van der Waals surface area (Å²) < 4.78 is 4.78. The summed E-state index contributed by atoms with van der Waals surface area (Å²) in [6.07, 6.45) is 1.42. The molecule has 8 heteroatoms. The van der Waals surface area contributed by atoms with Gasteiger partial charge in [-0.05, 0) is 17.7 Å². The Labute approximate surface area is 137 Å². The van der Waals surface area contributed by atoms with E-state index in [9.17, 15) is 9.59 Å². The number of amides is 2. The van der Waals surface area contributed by atoms with E-state index in [2.05, 4.69) is 15.5 Å². The van der Waals surface area contributed by atoms with Crippen LogP contribution in [0.25, 0.3) is 0 Å². The van der Waals surface area contributed by atoms with E-state index >= 15 is 0 Å². The number of carbonyl (C=O) groups is 2. The van der Waals surface area contributed by atoms with Gasteiger partial charge >= 0.3 is 0 Å². The molecule has 1 fully saturated rings. The maximum Gasteiger partial charge on any atom is 0.226 e. The van der Waals surface area contributed by atoms with E-state index in [-0.39, 0.29) is 24.2 Å². The predicted molar refractivity (Wildman–Crippen MR) is 81.5 cm³/mol. The lowest BCUT2D eigenvalue weighted by atomic mass is 10.0. The number of carbonyl (C=O) groups excluding carboxylic acids is 2. The van der Waals surface area contributed by atoms with E-state index in [1.165, 1.54) is 6.39 Å². The summed E-state index contributed by atoms with van der Waals surface area (Å²) in [5.74, 6) is -0.284. The van der Waals surface area contributed by atoms with Crippen molar-refractivity contribution in [3.05, 3.63) is 47.1 Å². The first-order chi connectivity index (χ1) is 11.0. The molecule has 0 spiro atoms. The molecule has 0 bridgehead atoms. The van der Waals surface area contributed by atoms with Crippen LogP contribution in [0.4, 0.5) is 0 Å². The topological polar surface area (TPSA) is 88.3 Å². The highest BCUT2D eigenvalue weighted by Crippen LogP contribution is 2.23. The van der Waals surface area contributed by atoms with Crippen LogP contribution in [0.15, 0.2) is 35.2 Å². The molecule has 120 valence electrons. The van der Waals surface area contributed by atoms with Gasteiger partial charge in [0, 0.05) is 25.0 Å². The second kappa shape index (κ2) is 6.37. The standard InChI is InChI=1S/C15H15ClN4O3/c1-20-7-10(6-12(20)21)15(22)18-13(14-17-8-23-19-14)9-2-4-11(16)5-3-9/h2-5,8,10,13H,6-7H2,1H3,(H,18,22). The average molecular weight is 335 g/mol. The minimum Gasteiger partial charge on any atom is -0.345 e. The predicted octanol–water partition coefficient (Wildman–Crippen LogP) is 1.41. The first-order valence-corrected chi connectivity index (χ1v) is 7.48. The van der Waals surface area contributed by atoms with Crippen LogP contribution >= 0.6 is 11.6 Å². The Hall–Kier alpha value is -2.41. The second-order valence-corrected chi connectivity index (χ2v) is 5.89. The molecular formula is C15H15ClN4O3. The Kier molecular flexibility index (Phi) is 4.29. The van der Waals surface area contributed by atoms with Gasteiger partial charge in [-0.3, -0.25) is 9.59 Å². The van der Waals surface area contributed by atoms with Crippen molar-refractivity contribution in [2.45, 2.75) is 12.5 Å². The van der Waals surface area contributed by atoms with Crippen LogP contribution in [0.5, 0.6) is 0 Å². The zero-order chi connectivity index (χ0) is 16.4. The number of benzene rings is 1. The van der Waals surface area contributed by atoms with Gasteiger partial charge in [-0.25, -0.2) is 0 Å². The Balaban J connectivity index is 1.81. The number of likely N-dealkylation sites (tertiary alicyclic amines) is 1. The Morgan fingerprint density at radius 1 is 1.43 bits per heavy atom. The van der Waals surface area contributed by atoms with E-state index in [1.807, 2.05) is 0 Å². The van der Waals surface area contributed by atoms with Gasteiger partial charge in [0.2, 0.25) is 18.2 Å². The SMILES string of the molecule is CN1CC(C(=O)NC(c2ccc(Cl)cc2)c2ncon2)CC1=O. The summed E-state index contributed by atoms with van der Waals surface area (Å²) in [5, 5.41) is 7.30. The fraction of sp³-hybridized carbons (Fsp3) is 0.333. The van der Waals surface area contributed by atoms with E-state index in [4.69, 9.17) is 16.1 Å². The number of rotatable bonds is 4. The van der Waals surface area contributed by atoms with Gasteiger partial charge in [-0.2, -0.15) is 4.98 Å². The van der Waals surface area contributed by atoms with Crippen molar-refractivity contribution in [1.82, 2.24) is 20.4 Å². The van der Waals surface area contributed by atoms with Crippen LogP contribution in [0, 0.1) is 5.92 Å². The third-order valence-electron chi connectivity index (χ3n) is 3.84. The lowest BCUT2D eigenvalue weighted by molar-refractivity contribution is -0.128. The van der Waals surface area contributed by atoms with Gasteiger partial charge in [0.25, 0.3) is 0 Å². The molecule has 0 radical (unpaired) electrons. The van der Waals surface area contributed by atoms with E-state index in [0.29, 0.717) is 17.4 Å². The number of halogens is 1. The van der Waals surface area contributed by atoms with E-state index in [0.717, 1.165) is 5.56 Å². The molecule has 3 rings (SSSR count). The van der Waals surface area contributed by atoms with Crippen LogP contribution in [-0.4, -0.2) is 40.4 Å². The van der Waals surface area contributed by atoms with Gasteiger partial charge in [0.05, 0.1) is 5.92 Å². The van der Waals surface area contributed by atoms with Crippen LogP contribution in [0.3, 0.4) is 0 Å². The van der Waals surface area contributed by atoms with Crippen LogP contribution in [-0.2, 0) is 9.59 Å². The van der Waals surface area contributed by atoms with Crippen molar-refractivity contribution in [2.75, 3.05) is 13.6 Å². The summed E-state index contributed by atoms with van der Waals surface area (Å²) in [5.41, 5.74) is 0.779. The average Bonchev–Trinajstić information content (AvgIpc) is 3.17. The van der Waals surface area contributed by atoms with Crippen molar-refractivity contribution in [1.29, 1.82) is 0 Å². The lowest BCUT2D eigenvalue weighted by Gasteiger charge is -2.18. The quantitative estimate of drug-likeness (QED) is 0.913. The van der Waals surface area contributed by atoms with Crippen molar-refractivity contribution in [3.63, 3.8) is 0 Å². The summed E-state index contributed by atoms with van der Waals surface area (Å²) in [4.78, 5) is 29.7. The molecule has 2 aromatic rings. The number of hydrogen-bond donors (Lipinski definition) is 1. The zero-order valence-electron chi connectivity index (χ0n) is 12.4. The molecule has 1 aromatic heterocycles. The Morgan fingerprint density at radius 3 is 2.74 bits per heavy atom. The van der Waals surface area contributed by atoms with Gasteiger partial charge in [0.1, 0.15) is 6.04 Å². The minimum absolute atomic E-state index is 0.0345. The minimum atomic E-state index is -0.556. The molecule has 0 saturated carbocycles. The molecule has 1 aromatic carbocycles. The van der Waals surface area contributed by atoms with Crippen LogP contribution < -0.4 is 5.32 Å². The highest BCUT2D eigenvalue weighted by Gasteiger charge is 2.34. The van der Waals surface area contributed by atoms with Crippen LogP contribution in [0.2, 0.25) is 5.02 Å². The van der Waals surface area contributed by atoms with Crippen molar-refractivity contribution >= 4 is 23.4 Å². The van der Waals surface area contributed by atoms with Gasteiger partial charge in [0.15, 0.2) is 5.82 Å². The molecule has 0 aliphatic carbocycles. The maximum atomic E-state index is 12.5. The lowest BCUT2D eigenvalue weighted by Crippen LogP contribution is -2.36. The Morgan fingerprint density at radius 2 is 2.17 bits per heavy atom. The molecule has 2 unspecified atom stereocenters. The maximum absolute atomic E-state index is 12.5.